The summed E-state index contributed by atoms with van der Waals surface area (Å²) in [4.78, 5) is 30.8. The Morgan fingerprint density at radius 1 is 1.50 bits per heavy atom. The summed E-state index contributed by atoms with van der Waals surface area (Å²) in [5.74, 6) is -0.122. The normalized spacial score (nSPS) is 10.0. The number of thiazole rings is 1. The van der Waals surface area contributed by atoms with Crippen molar-refractivity contribution in [3.63, 3.8) is 0 Å². The van der Waals surface area contributed by atoms with Crippen LogP contribution < -0.4 is 10.9 Å². The van der Waals surface area contributed by atoms with E-state index >= 15 is 0 Å². The molecule has 0 aliphatic rings. The monoisotopic (exact) mass is 239 g/mol. The van der Waals surface area contributed by atoms with Crippen molar-refractivity contribution in [3.8, 4) is 0 Å². The van der Waals surface area contributed by atoms with Gasteiger partial charge in [0.15, 0.2) is 5.13 Å². The van der Waals surface area contributed by atoms with E-state index in [0.29, 0.717) is 5.13 Å². The Bertz CT molecular complexity index is 564. The first-order valence-electron chi connectivity index (χ1n) is 4.07. The molecule has 82 valence electrons. The number of nitrogens with zero attached hydrogens (tertiary/aromatic N) is 3. The van der Waals surface area contributed by atoms with E-state index in [0.717, 1.165) is 6.33 Å². The lowest BCUT2D eigenvalue weighted by atomic mass is 10.5. The number of anilines is 2. The second-order valence-electron chi connectivity index (χ2n) is 2.65. The van der Waals surface area contributed by atoms with Crippen molar-refractivity contribution in [1.29, 1.82) is 0 Å². The molecule has 0 aliphatic heterocycles. The maximum absolute atomic E-state index is 11.2. The smallest absolute Gasteiger partial charge is 0.310 e. The Hall–Kier alpha value is -2.29. The third-order valence-electron chi connectivity index (χ3n) is 1.67. The van der Waals surface area contributed by atoms with Crippen LogP contribution >= 0.6 is 11.3 Å². The Labute approximate surface area is 92.2 Å². The van der Waals surface area contributed by atoms with Crippen LogP contribution in [0.3, 0.4) is 0 Å². The zero-order valence-electron chi connectivity index (χ0n) is 7.71. The molecule has 0 saturated carbocycles. The molecule has 2 heterocycles. The van der Waals surface area contributed by atoms with Crippen LogP contribution in [0, 0.1) is 10.1 Å². The van der Waals surface area contributed by atoms with Crippen LogP contribution in [0.4, 0.5) is 16.6 Å². The second-order valence-corrected chi connectivity index (χ2v) is 3.54. The first kappa shape index (κ1) is 10.2. The number of nitro groups is 1. The van der Waals surface area contributed by atoms with E-state index in [1.165, 1.54) is 17.5 Å². The fraction of sp³-hybridized carbons (Fsp3) is 0. The molecule has 0 fully saturated rings. The quantitative estimate of drug-likeness (QED) is 0.607. The predicted molar refractivity (Wildman–Crippen MR) is 56.9 cm³/mol. The molecule has 0 bridgehead atoms. The summed E-state index contributed by atoms with van der Waals surface area (Å²) in [5, 5.41) is 15.4. The standard InChI is InChI=1S/C7H5N5O3S/c13-6-4(12(14)15)5(9-3-10-6)11-7-8-1-2-16-7/h1-3H,(H2,8,9,10,11,13). The molecule has 0 radical (unpaired) electrons. The number of hydrogen-bond donors (Lipinski definition) is 2. The number of nitrogens with one attached hydrogen (secondary N) is 2. The second kappa shape index (κ2) is 4.06. The van der Waals surface area contributed by atoms with Crippen molar-refractivity contribution in [2.45, 2.75) is 0 Å². The molecule has 9 heteroatoms. The van der Waals surface area contributed by atoms with E-state index in [2.05, 4.69) is 20.3 Å². The highest BCUT2D eigenvalue weighted by Gasteiger charge is 2.20. The molecular formula is C7H5N5O3S. The van der Waals surface area contributed by atoms with Gasteiger partial charge in [0.2, 0.25) is 5.82 Å². The lowest BCUT2D eigenvalue weighted by Crippen LogP contribution is -2.14. The molecular weight excluding hydrogens is 234 g/mol. The average Bonchev–Trinajstić information content (AvgIpc) is 2.70. The maximum Gasteiger partial charge on any atom is 0.376 e. The molecule has 2 rings (SSSR count). The van der Waals surface area contributed by atoms with Crippen LogP contribution in [0.25, 0.3) is 0 Å². The fourth-order valence-electron chi connectivity index (χ4n) is 1.04. The number of H-pyrrole nitrogens is 1. The third-order valence-corrected chi connectivity index (χ3v) is 2.36. The summed E-state index contributed by atoms with van der Waals surface area (Å²) in [5.41, 5.74) is -1.43. The zero-order chi connectivity index (χ0) is 11.5. The molecule has 2 aromatic heterocycles. The predicted octanol–water partition coefficient (Wildman–Crippen LogP) is 0.878. The Kier molecular flexibility index (Phi) is 2.60. The summed E-state index contributed by atoms with van der Waals surface area (Å²) in [6.45, 7) is 0. The van der Waals surface area contributed by atoms with Crippen molar-refractivity contribution in [3.05, 3.63) is 38.4 Å². The summed E-state index contributed by atoms with van der Waals surface area (Å²) in [7, 11) is 0. The fourth-order valence-corrected chi connectivity index (χ4v) is 1.57. The topological polar surface area (TPSA) is 114 Å². The van der Waals surface area contributed by atoms with Crippen LogP contribution in [0.5, 0.6) is 0 Å². The largest absolute Gasteiger partial charge is 0.376 e. The molecule has 0 aromatic carbocycles. The zero-order valence-corrected chi connectivity index (χ0v) is 8.52. The molecule has 0 spiro atoms. The van der Waals surface area contributed by atoms with Gasteiger partial charge in [-0.15, -0.1) is 11.3 Å². The average molecular weight is 239 g/mol. The van der Waals surface area contributed by atoms with Crippen LogP contribution in [0.1, 0.15) is 0 Å². The minimum Gasteiger partial charge on any atom is -0.310 e. The highest BCUT2D eigenvalue weighted by Crippen LogP contribution is 2.21. The number of hydrogen-bond acceptors (Lipinski definition) is 7. The van der Waals surface area contributed by atoms with Crippen molar-refractivity contribution in [2.75, 3.05) is 5.32 Å². The Balaban J connectivity index is 2.45. The molecule has 0 amide bonds. The van der Waals surface area contributed by atoms with E-state index in [1.54, 1.807) is 5.38 Å². The summed E-state index contributed by atoms with van der Waals surface area (Å²) < 4.78 is 0. The van der Waals surface area contributed by atoms with Gasteiger partial charge in [-0.25, -0.2) is 9.97 Å². The molecule has 16 heavy (non-hydrogen) atoms. The lowest BCUT2D eigenvalue weighted by molar-refractivity contribution is -0.385. The van der Waals surface area contributed by atoms with Gasteiger partial charge >= 0.3 is 11.2 Å². The number of rotatable bonds is 3. The summed E-state index contributed by atoms with van der Waals surface area (Å²) in [6, 6.07) is 0. The third kappa shape index (κ3) is 1.88. The molecule has 2 N–H and O–H groups in total. The van der Waals surface area contributed by atoms with E-state index < -0.39 is 16.2 Å². The van der Waals surface area contributed by atoms with Gasteiger partial charge in [-0.05, 0) is 0 Å². The van der Waals surface area contributed by atoms with Gasteiger partial charge in [0.1, 0.15) is 0 Å². The van der Waals surface area contributed by atoms with Gasteiger partial charge in [-0.1, -0.05) is 0 Å². The minimum atomic E-state index is -0.806. The number of aromatic nitrogens is 3. The van der Waals surface area contributed by atoms with Crippen molar-refractivity contribution >= 4 is 28.0 Å². The van der Waals surface area contributed by atoms with Gasteiger partial charge in [-0.2, -0.15) is 0 Å². The molecule has 0 saturated heterocycles. The van der Waals surface area contributed by atoms with E-state index in [-0.39, 0.29) is 5.82 Å². The Morgan fingerprint density at radius 2 is 2.31 bits per heavy atom. The van der Waals surface area contributed by atoms with E-state index in [1.807, 2.05) is 0 Å². The first-order chi connectivity index (χ1) is 7.68. The van der Waals surface area contributed by atoms with Crippen molar-refractivity contribution in [1.82, 2.24) is 15.0 Å². The van der Waals surface area contributed by atoms with Crippen LogP contribution in [0.15, 0.2) is 22.7 Å². The van der Waals surface area contributed by atoms with Gasteiger partial charge in [0, 0.05) is 11.6 Å². The van der Waals surface area contributed by atoms with Crippen molar-refractivity contribution < 1.29 is 4.92 Å². The SMILES string of the molecule is O=c1[nH]cnc(Nc2nccs2)c1[N+](=O)[O-]. The maximum atomic E-state index is 11.2. The Morgan fingerprint density at radius 3 is 2.94 bits per heavy atom. The number of aromatic amines is 1. The lowest BCUT2D eigenvalue weighted by Gasteiger charge is -2.00. The first-order valence-corrected chi connectivity index (χ1v) is 4.95. The van der Waals surface area contributed by atoms with Gasteiger partial charge in [-0.3, -0.25) is 14.9 Å². The summed E-state index contributed by atoms with van der Waals surface area (Å²) in [6.07, 6.45) is 2.62. The molecule has 0 atom stereocenters. The van der Waals surface area contributed by atoms with Gasteiger partial charge < -0.3 is 10.3 Å². The molecule has 2 aromatic rings. The minimum absolute atomic E-state index is 0.122. The highest BCUT2D eigenvalue weighted by atomic mass is 32.1. The molecule has 0 unspecified atom stereocenters. The van der Waals surface area contributed by atoms with Crippen LogP contribution in [-0.4, -0.2) is 19.9 Å². The van der Waals surface area contributed by atoms with Crippen LogP contribution in [0.2, 0.25) is 0 Å². The van der Waals surface area contributed by atoms with Gasteiger partial charge in [0.25, 0.3) is 0 Å². The summed E-state index contributed by atoms with van der Waals surface area (Å²) >= 11 is 1.25. The van der Waals surface area contributed by atoms with E-state index in [9.17, 15) is 14.9 Å². The van der Waals surface area contributed by atoms with Crippen molar-refractivity contribution in [2.24, 2.45) is 0 Å². The molecule has 0 aliphatic carbocycles. The molecule has 8 nitrogen and oxygen atoms in total. The highest BCUT2D eigenvalue weighted by molar-refractivity contribution is 7.13. The van der Waals surface area contributed by atoms with Gasteiger partial charge in [0.05, 0.1) is 11.3 Å². The van der Waals surface area contributed by atoms with Crippen LogP contribution in [-0.2, 0) is 0 Å². The van der Waals surface area contributed by atoms with E-state index in [4.69, 9.17) is 0 Å².